The minimum absolute atomic E-state index is 0.00591. The van der Waals surface area contributed by atoms with Gasteiger partial charge < -0.3 is 20.1 Å². The van der Waals surface area contributed by atoms with Crippen LogP contribution in [-0.4, -0.2) is 38.7 Å². The Morgan fingerprint density at radius 1 is 1.04 bits per heavy atom. The number of anilines is 1. The van der Waals surface area contributed by atoms with E-state index in [9.17, 15) is 9.59 Å². The number of hydrogen-bond donors (Lipinski definition) is 2. The first-order valence-electron chi connectivity index (χ1n) is 8.94. The summed E-state index contributed by atoms with van der Waals surface area (Å²) in [5.74, 6) is 0.867. The van der Waals surface area contributed by atoms with Gasteiger partial charge in [0, 0.05) is 31.2 Å². The molecule has 0 heterocycles. The Kier molecular flexibility index (Phi) is 7.73. The molecular weight excluding hydrogens is 320 g/mol. The van der Waals surface area contributed by atoms with Gasteiger partial charge in [0.2, 0.25) is 11.8 Å². The predicted molar refractivity (Wildman–Crippen MR) is 96.6 cm³/mol. The van der Waals surface area contributed by atoms with Crippen LogP contribution in [0.15, 0.2) is 24.3 Å². The number of nitrogens with one attached hydrogen (secondary N) is 2. The zero-order chi connectivity index (χ0) is 18.1. The number of amides is 2. The van der Waals surface area contributed by atoms with Crippen molar-refractivity contribution in [2.24, 2.45) is 11.8 Å². The summed E-state index contributed by atoms with van der Waals surface area (Å²) in [5.41, 5.74) is 0.771. The van der Waals surface area contributed by atoms with E-state index in [0.29, 0.717) is 19.8 Å². The van der Waals surface area contributed by atoms with Crippen molar-refractivity contribution in [1.82, 2.24) is 5.32 Å². The van der Waals surface area contributed by atoms with Crippen LogP contribution in [0.4, 0.5) is 5.69 Å². The van der Waals surface area contributed by atoms with Gasteiger partial charge in [-0.25, -0.2) is 0 Å². The number of carbonyl (C=O) groups is 2. The Bertz CT molecular complexity index is 551. The molecule has 0 bridgehead atoms. The van der Waals surface area contributed by atoms with Crippen LogP contribution in [-0.2, 0) is 14.3 Å². The van der Waals surface area contributed by atoms with Crippen LogP contribution in [0, 0.1) is 11.8 Å². The van der Waals surface area contributed by atoms with Crippen molar-refractivity contribution in [2.75, 3.05) is 32.2 Å². The van der Waals surface area contributed by atoms with E-state index in [2.05, 4.69) is 10.6 Å². The van der Waals surface area contributed by atoms with E-state index in [1.807, 2.05) is 31.2 Å². The van der Waals surface area contributed by atoms with E-state index in [-0.39, 0.29) is 23.7 Å². The molecule has 6 heteroatoms. The number of methoxy groups -OCH3 is 1. The molecule has 0 atom stereocenters. The van der Waals surface area contributed by atoms with Gasteiger partial charge in [-0.05, 0) is 56.9 Å². The summed E-state index contributed by atoms with van der Waals surface area (Å²) in [6.07, 6.45) is 2.98. The van der Waals surface area contributed by atoms with Crippen molar-refractivity contribution in [3.8, 4) is 5.75 Å². The minimum atomic E-state index is -0.0328. The van der Waals surface area contributed by atoms with Gasteiger partial charge in [-0.1, -0.05) is 0 Å². The summed E-state index contributed by atoms with van der Waals surface area (Å²) in [4.78, 5) is 24.5. The number of ether oxygens (including phenoxy) is 2. The maximum Gasteiger partial charge on any atom is 0.227 e. The first-order valence-corrected chi connectivity index (χ1v) is 8.94. The lowest BCUT2D eigenvalue weighted by Gasteiger charge is -2.27. The fraction of sp³-hybridized carbons (Fsp3) is 0.579. The monoisotopic (exact) mass is 348 g/mol. The normalized spacial score (nSPS) is 19.9. The Labute approximate surface area is 149 Å². The van der Waals surface area contributed by atoms with Crippen LogP contribution in [0.5, 0.6) is 5.75 Å². The standard InChI is InChI=1S/C19H28N2O4/c1-3-25-17-10-8-16(9-11-17)21-19(23)15-6-4-14(5-7-15)18(22)20-12-13-24-2/h8-11,14-15H,3-7,12-13H2,1-2H3,(H,20,22)(H,21,23). The van der Waals surface area contributed by atoms with E-state index >= 15 is 0 Å². The van der Waals surface area contributed by atoms with Crippen molar-refractivity contribution >= 4 is 17.5 Å². The van der Waals surface area contributed by atoms with Gasteiger partial charge in [0.1, 0.15) is 5.75 Å². The lowest BCUT2D eigenvalue weighted by molar-refractivity contribution is -0.128. The van der Waals surface area contributed by atoms with Gasteiger partial charge in [-0.3, -0.25) is 9.59 Å². The first-order chi connectivity index (χ1) is 12.1. The molecule has 2 rings (SSSR count). The van der Waals surface area contributed by atoms with Gasteiger partial charge in [0.05, 0.1) is 13.2 Å². The summed E-state index contributed by atoms with van der Waals surface area (Å²) in [5, 5.41) is 5.83. The largest absolute Gasteiger partial charge is 0.494 e. The summed E-state index contributed by atoms with van der Waals surface area (Å²) in [6.45, 7) is 3.61. The van der Waals surface area contributed by atoms with Gasteiger partial charge in [0.25, 0.3) is 0 Å². The van der Waals surface area contributed by atoms with E-state index in [1.54, 1.807) is 7.11 Å². The number of hydrogen-bond acceptors (Lipinski definition) is 4. The first kappa shape index (κ1) is 19.2. The highest BCUT2D eigenvalue weighted by Crippen LogP contribution is 2.30. The smallest absolute Gasteiger partial charge is 0.227 e. The third-order valence-corrected chi connectivity index (χ3v) is 4.51. The van der Waals surface area contributed by atoms with Crippen LogP contribution in [0.3, 0.4) is 0 Å². The molecule has 6 nitrogen and oxygen atoms in total. The quantitative estimate of drug-likeness (QED) is 0.708. The maximum absolute atomic E-state index is 12.4. The highest BCUT2D eigenvalue weighted by atomic mass is 16.5. The minimum Gasteiger partial charge on any atom is -0.494 e. The van der Waals surface area contributed by atoms with Crippen LogP contribution < -0.4 is 15.4 Å². The van der Waals surface area contributed by atoms with Gasteiger partial charge in [-0.15, -0.1) is 0 Å². The fourth-order valence-electron chi connectivity index (χ4n) is 3.08. The molecule has 1 aromatic rings. The Balaban J connectivity index is 1.76. The molecule has 2 amide bonds. The summed E-state index contributed by atoms with van der Waals surface area (Å²) in [6, 6.07) is 7.39. The molecule has 0 spiro atoms. The number of rotatable bonds is 8. The third-order valence-electron chi connectivity index (χ3n) is 4.51. The van der Waals surface area contributed by atoms with Crippen LogP contribution >= 0.6 is 0 Å². The van der Waals surface area contributed by atoms with Crippen molar-refractivity contribution in [1.29, 1.82) is 0 Å². The molecule has 0 radical (unpaired) electrons. The second-order valence-corrected chi connectivity index (χ2v) is 6.28. The summed E-state index contributed by atoms with van der Waals surface area (Å²) in [7, 11) is 1.61. The SMILES string of the molecule is CCOc1ccc(NC(=O)C2CCC(C(=O)NCCOC)CC2)cc1. The van der Waals surface area contributed by atoms with E-state index in [1.165, 1.54) is 0 Å². The molecule has 1 aliphatic rings. The zero-order valence-electron chi connectivity index (χ0n) is 15.0. The van der Waals surface area contributed by atoms with Gasteiger partial charge in [0.15, 0.2) is 0 Å². The highest BCUT2D eigenvalue weighted by molar-refractivity contribution is 5.92. The molecule has 1 saturated carbocycles. The third kappa shape index (κ3) is 6.05. The van der Waals surface area contributed by atoms with Crippen LogP contribution in [0.1, 0.15) is 32.6 Å². The highest BCUT2D eigenvalue weighted by Gasteiger charge is 2.29. The molecule has 1 aromatic carbocycles. The van der Waals surface area contributed by atoms with E-state index < -0.39 is 0 Å². The summed E-state index contributed by atoms with van der Waals surface area (Å²) >= 11 is 0. The molecule has 1 aliphatic carbocycles. The van der Waals surface area contributed by atoms with E-state index in [4.69, 9.17) is 9.47 Å². The summed E-state index contributed by atoms with van der Waals surface area (Å²) < 4.78 is 10.3. The van der Waals surface area contributed by atoms with E-state index in [0.717, 1.165) is 37.1 Å². The lowest BCUT2D eigenvalue weighted by Crippen LogP contribution is -2.36. The molecular formula is C19H28N2O4. The van der Waals surface area contributed by atoms with Crippen molar-refractivity contribution in [2.45, 2.75) is 32.6 Å². The second kappa shape index (κ2) is 10.0. The molecule has 2 N–H and O–H groups in total. The molecule has 0 aromatic heterocycles. The molecule has 138 valence electrons. The molecule has 0 unspecified atom stereocenters. The zero-order valence-corrected chi connectivity index (χ0v) is 15.0. The Morgan fingerprint density at radius 3 is 2.20 bits per heavy atom. The van der Waals surface area contributed by atoms with Gasteiger partial charge in [-0.2, -0.15) is 0 Å². The van der Waals surface area contributed by atoms with Crippen molar-refractivity contribution in [3.63, 3.8) is 0 Å². The lowest BCUT2D eigenvalue weighted by atomic mass is 9.81. The number of benzene rings is 1. The molecule has 0 aliphatic heterocycles. The van der Waals surface area contributed by atoms with Crippen LogP contribution in [0.2, 0.25) is 0 Å². The average Bonchev–Trinajstić information content (AvgIpc) is 2.64. The second-order valence-electron chi connectivity index (χ2n) is 6.28. The Morgan fingerprint density at radius 2 is 1.64 bits per heavy atom. The number of carbonyl (C=O) groups excluding carboxylic acids is 2. The topological polar surface area (TPSA) is 76.7 Å². The average molecular weight is 348 g/mol. The fourth-order valence-corrected chi connectivity index (χ4v) is 3.08. The maximum atomic E-state index is 12.4. The van der Waals surface area contributed by atoms with Crippen molar-refractivity contribution < 1.29 is 19.1 Å². The molecule has 0 saturated heterocycles. The molecule has 1 fully saturated rings. The van der Waals surface area contributed by atoms with Crippen molar-refractivity contribution in [3.05, 3.63) is 24.3 Å². The van der Waals surface area contributed by atoms with Crippen LogP contribution in [0.25, 0.3) is 0 Å². The predicted octanol–water partition coefficient (Wildman–Crippen LogP) is 2.59. The molecule has 25 heavy (non-hydrogen) atoms. The Hall–Kier alpha value is -2.08. The van der Waals surface area contributed by atoms with Gasteiger partial charge >= 0.3 is 0 Å².